The molecule has 2 aliphatic rings. The second-order valence-corrected chi connectivity index (χ2v) is 11.7. The minimum absolute atomic E-state index is 0.0492. The number of nitrogens with zero attached hydrogens (tertiary/aromatic N) is 3. The largest absolute Gasteiger partial charge is 0.381 e. The van der Waals surface area contributed by atoms with Gasteiger partial charge in [0.25, 0.3) is 0 Å². The first-order valence-electron chi connectivity index (χ1n) is 13.9. The molecular weight excluding hydrogens is 491 g/mol. The van der Waals surface area contributed by atoms with Crippen molar-refractivity contribution in [1.82, 2.24) is 19.7 Å². The van der Waals surface area contributed by atoms with E-state index >= 15 is 0 Å². The van der Waals surface area contributed by atoms with E-state index in [-0.39, 0.29) is 24.3 Å². The normalized spacial score (nSPS) is 16.7. The number of hydrogen-bond acceptors (Lipinski definition) is 4. The van der Waals surface area contributed by atoms with Crippen LogP contribution < -0.4 is 11.0 Å². The van der Waals surface area contributed by atoms with Crippen molar-refractivity contribution in [2.75, 3.05) is 19.8 Å². The Morgan fingerprint density at radius 1 is 1.00 bits per heavy atom. The van der Waals surface area contributed by atoms with Gasteiger partial charge in [0, 0.05) is 19.5 Å². The fourth-order valence-corrected chi connectivity index (χ4v) is 5.15. The number of allylic oxidation sites excluding steroid dienone is 2. The number of ether oxygens (including phenoxy) is 1. The maximum absolute atomic E-state index is 14.5. The van der Waals surface area contributed by atoms with Crippen LogP contribution in [0.5, 0.6) is 0 Å². The predicted octanol–water partition coefficient (Wildman–Crippen LogP) is 5.19. The lowest BCUT2D eigenvalue weighted by atomic mass is 9.87. The fraction of sp³-hybridized carbons (Fsp3) is 0.438. The Morgan fingerprint density at radius 2 is 1.69 bits per heavy atom. The molecule has 0 unspecified atom stereocenters. The Hall–Kier alpha value is -3.45. The summed E-state index contributed by atoms with van der Waals surface area (Å²) in [5, 5.41) is 7.92. The number of benzene rings is 2. The first kappa shape index (κ1) is 27.1. The van der Waals surface area contributed by atoms with Crippen molar-refractivity contribution in [3.05, 3.63) is 105 Å². The van der Waals surface area contributed by atoms with E-state index in [1.807, 2.05) is 19.1 Å². The average molecular weight is 531 g/mol. The van der Waals surface area contributed by atoms with E-state index in [4.69, 9.17) is 9.84 Å². The molecule has 0 atom stereocenters. The fourth-order valence-electron chi connectivity index (χ4n) is 5.15. The molecule has 0 spiro atoms. The maximum Gasteiger partial charge on any atom is 0.346 e. The molecule has 0 radical (unpaired) electrons. The van der Waals surface area contributed by atoms with Gasteiger partial charge in [-0.05, 0) is 59.1 Å². The summed E-state index contributed by atoms with van der Waals surface area (Å²) in [6.45, 7) is 10.5. The van der Waals surface area contributed by atoms with Crippen molar-refractivity contribution >= 4 is 5.57 Å². The highest BCUT2D eigenvalue weighted by atomic mass is 19.1. The Kier molecular flexibility index (Phi) is 7.63. The molecular formula is C32H39FN4O2. The molecule has 1 N–H and O–H groups in total. The summed E-state index contributed by atoms with van der Waals surface area (Å²) < 4.78 is 22.9. The molecule has 206 valence electrons. The summed E-state index contributed by atoms with van der Waals surface area (Å²) in [6.07, 6.45) is 6.40. The zero-order chi connectivity index (χ0) is 27.6. The molecule has 1 saturated heterocycles. The summed E-state index contributed by atoms with van der Waals surface area (Å²) in [7, 11) is 0. The number of aryl methyl sites for hydroxylation is 2. The van der Waals surface area contributed by atoms with Crippen LogP contribution in [0.2, 0.25) is 0 Å². The number of nitrogens with one attached hydrogen (secondary N) is 1. The van der Waals surface area contributed by atoms with Crippen LogP contribution >= 0.6 is 0 Å². The Balaban J connectivity index is 1.18. The van der Waals surface area contributed by atoms with E-state index in [1.165, 1.54) is 11.1 Å². The van der Waals surface area contributed by atoms with Crippen LogP contribution in [0.3, 0.4) is 0 Å². The van der Waals surface area contributed by atoms with E-state index < -0.39 is 5.67 Å². The van der Waals surface area contributed by atoms with Gasteiger partial charge >= 0.3 is 5.69 Å². The molecule has 0 saturated carbocycles. The van der Waals surface area contributed by atoms with Crippen molar-refractivity contribution in [3.63, 3.8) is 0 Å². The summed E-state index contributed by atoms with van der Waals surface area (Å²) in [6, 6.07) is 17.0. The van der Waals surface area contributed by atoms with Gasteiger partial charge in [-0.25, -0.2) is 13.9 Å². The Labute approximate surface area is 230 Å². The standard InChI is InChI=1S/C32H39FN4O2/c1-5-36-29(35-37(30(36)38)20-24-11-16-27(17-12-24)31(2,3)4)8-6-7-23-9-13-25(14-10-23)26-15-18-28(34-19-26)32(33)21-39-22-32/h9-18,34H,5-8,19-22H2,1-4H3. The molecule has 39 heavy (non-hydrogen) atoms. The summed E-state index contributed by atoms with van der Waals surface area (Å²) >= 11 is 0. The van der Waals surface area contributed by atoms with Gasteiger partial charge in [-0.2, -0.15) is 5.10 Å². The molecule has 7 heteroatoms. The molecule has 3 heterocycles. The van der Waals surface area contributed by atoms with E-state index in [0.29, 0.717) is 25.3 Å². The van der Waals surface area contributed by atoms with Crippen LogP contribution in [0.15, 0.2) is 71.2 Å². The average Bonchev–Trinajstić information content (AvgIpc) is 3.21. The van der Waals surface area contributed by atoms with Crippen molar-refractivity contribution < 1.29 is 9.13 Å². The lowest BCUT2D eigenvalue weighted by Gasteiger charge is -2.37. The molecule has 1 fully saturated rings. The molecule has 2 aliphatic heterocycles. The lowest BCUT2D eigenvalue weighted by Crippen LogP contribution is -2.51. The van der Waals surface area contributed by atoms with Crippen molar-refractivity contribution in [1.29, 1.82) is 0 Å². The number of dihydropyridines is 1. The van der Waals surface area contributed by atoms with Crippen LogP contribution in [0.4, 0.5) is 4.39 Å². The van der Waals surface area contributed by atoms with Gasteiger partial charge in [0.2, 0.25) is 0 Å². The highest BCUT2D eigenvalue weighted by Gasteiger charge is 2.43. The molecule has 5 rings (SSSR count). The number of halogens is 1. The Morgan fingerprint density at radius 3 is 2.26 bits per heavy atom. The summed E-state index contributed by atoms with van der Waals surface area (Å²) in [5.74, 6) is 0.842. The minimum atomic E-state index is -1.36. The van der Waals surface area contributed by atoms with Gasteiger partial charge in [-0.1, -0.05) is 75.4 Å². The minimum Gasteiger partial charge on any atom is -0.381 e. The van der Waals surface area contributed by atoms with E-state index in [9.17, 15) is 9.18 Å². The van der Waals surface area contributed by atoms with Crippen molar-refractivity contribution in [2.24, 2.45) is 0 Å². The topological polar surface area (TPSA) is 61.1 Å². The van der Waals surface area contributed by atoms with Gasteiger partial charge in [-0.15, -0.1) is 0 Å². The van der Waals surface area contributed by atoms with Gasteiger partial charge in [0.15, 0.2) is 5.67 Å². The monoisotopic (exact) mass is 530 g/mol. The van der Waals surface area contributed by atoms with Crippen molar-refractivity contribution in [2.45, 2.75) is 71.1 Å². The second-order valence-electron chi connectivity index (χ2n) is 11.7. The zero-order valence-electron chi connectivity index (χ0n) is 23.5. The van der Waals surface area contributed by atoms with Crippen LogP contribution in [-0.4, -0.2) is 39.8 Å². The molecule has 0 amide bonds. The molecule has 1 aromatic heterocycles. The van der Waals surface area contributed by atoms with Crippen LogP contribution in [0.25, 0.3) is 5.57 Å². The number of rotatable bonds is 9. The maximum atomic E-state index is 14.5. The van der Waals surface area contributed by atoms with E-state index in [0.717, 1.165) is 41.8 Å². The summed E-state index contributed by atoms with van der Waals surface area (Å²) in [4.78, 5) is 13.0. The molecule has 6 nitrogen and oxygen atoms in total. The molecule has 3 aromatic rings. The number of aromatic nitrogens is 3. The third-order valence-electron chi connectivity index (χ3n) is 7.72. The third kappa shape index (κ3) is 5.93. The SMILES string of the molecule is CCn1c(CCCc2ccc(C3=CC=C(C4(F)COC4)NC3)cc2)nn(Cc2ccc(C(C)(C)C)cc2)c1=O. The molecule has 2 aromatic carbocycles. The highest BCUT2D eigenvalue weighted by molar-refractivity contribution is 5.70. The van der Waals surface area contributed by atoms with E-state index in [1.54, 1.807) is 9.25 Å². The predicted molar refractivity (Wildman–Crippen MR) is 154 cm³/mol. The first-order valence-corrected chi connectivity index (χ1v) is 13.9. The van der Waals surface area contributed by atoms with Crippen LogP contribution in [0, 0.1) is 0 Å². The number of hydrogen-bond donors (Lipinski definition) is 1. The second kappa shape index (κ2) is 11.0. The molecule has 0 bridgehead atoms. The zero-order valence-corrected chi connectivity index (χ0v) is 23.5. The van der Waals surface area contributed by atoms with E-state index in [2.05, 4.69) is 74.6 Å². The smallest absolute Gasteiger partial charge is 0.346 e. The van der Waals surface area contributed by atoms with Crippen LogP contribution in [-0.2, 0) is 36.1 Å². The van der Waals surface area contributed by atoms with Gasteiger partial charge in [0.05, 0.1) is 25.5 Å². The summed E-state index contributed by atoms with van der Waals surface area (Å²) in [5.41, 5.74) is 5.18. The van der Waals surface area contributed by atoms with Gasteiger partial charge < -0.3 is 10.1 Å². The highest BCUT2D eigenvalue weighted by Crippen LogP contribution is 2.31. The van der Waals surface area contributed by atoms with Crippen LogP contribution in [0.1, 0.15) is 62.2 Å². The molecule has 0 aliphatic carbocycles. The first-order chi connectivity index (χ1) is 18.7. The van der Waals surface area contributed by atoms with Crippen molar-refractivity contribution in [3.8, 4) is 0 Å². The van der Waals surface area contributed by atoms with Gasteiger partial charge in [0.1, 0.15) is 5.82 Å². The Bertz CT molecular complexity index is 1420. The van der Waals surface area contributed by atoms with Gasteiger partial charge in [-0.3, -0.25) is 4.57 Å². The third-order valence-corrected chi connectivity index (χ3v) is 7.72. The number of alkyl halides is 1. The lowest BCUT2D eigenvalue weighted by molar-refractivity contribution is -0.109. The quantitative estimate of drug-likeness (QED) is 0.413.